The molecule has 1 aliphatic rings. The maximum Gasteiger partial charge on any atom is 0.321 e. The van der Waals surface area contributed by atoms with Crippen LogP contribution in [0.25, 0.3) is 0 Å². The standard InChI is InChI=1S/C16H19N7OS/c1-10(2)13-9-25-16(19-13)20-15(24)18-12-5-6-23(8-12)14-4-3-11(7-17)21-22-14/h3-4,9-10,12H,5-6,8H2,1-2H3,(H2,18,19,20,24)/t12-/m1/s1. The van der Waals surface area contributed by atoms with Crippen LogP contribution in [-0.4, -0.2) is 40.3 Å². The van der Waals surface area contributed by atoms with Crippen LogP contribution in [0.4, 0.5) is 15.7 Å². The number of carbonyl (C=O) groups excluding carboxylic acids is 1. The van der Waals surface area contributed by atoms with Crippen molar-refractivity contribution >= 4 is 28.3 Å². The lowest BCUT2D eigenvalue weighted by molar-refractivity contribution is 0.249. The molecule has 0 aromatic carbocycles. The number of urea groups is 1. The molecule has 2 aromatic rings. The fourth-order valence-corrected chi connectivity index (χ4v) is 3.43. The van der Waals surface area contributed by atoms with Crippen LogP contribution in [0.2, 0.25) is 0 Å². The average molecular weight is 357 g/mol. The predicted molar refractivity (Wildman–Crippen MR) is 95.7 cm³/mol. The first-order chi connectivity index (χ1) is 12.0. The molecular formula is C16H19N7OS. The molecule has 1 aliphatic heterocycles. The van der Waals surface area contributed by atoms with Crippen molar-refractivity contribution in [2.75, 3.05) is 23.3 Å². The second-order valence-electron chi connectivity index (χ2n) is 6.15. The number of rotatable bonds is 4. The number of hydrogen-bond donors (Lipinski definition) is 2. The van der Waals surface area contributed by atoms with E-state index in [9.17, 15) is 4.79 Å². The Morgan fingerprint density at radius 1 is 1.44 bits per heavy atom. The van der Waals surface area contributed by atoms with Gasteiger partial charge < -0.3 is 10.2 Å². The molecule has 1 fully saturated rings. The number of anilines is 2. The van der Waals surface area contributed by atoms with Crippen molar-refractivity contribution in [1.82, 2.24) is 20.5 Å². The van der Waals surface area contributed by atoms with Gasteiger partial charge in [0.1, 0.15) is 6.07 Å². The molecule has 3 heterocycles. The van der Waals surface area contributed by atoms with Crippen molar-refractivity contribution < 1.29 is 4.79 Å². The van der Waals surface area contributed by atoms with Crippen LogP contribution in [0.1, 0.15) is 37.6 Å². The summed E-state index contributed by atoms with van der Waals surface area (Å²) in [4.78, 5) is 18.6. The van der Waals surface area contributed by atoms with E-state index in [1.165, 1.54) is 11.3 Å². The van der Waals surface area contributed by atoms with Gasteiger partial charge in [0.2, 0.25) is 0 Å². The summed E-state index contributed by atoms with van der Waals surface area (Å²) in [7, 11) is 0. The van der Waals surface area contributed by atoms with Crippen LogP contribution < -0.4 is 15.5 Å². The number of aromatic nitrogens is 3. The molecule has 3 rings (SSSR count). The van der Waals surface area contributed by atoms with E-state index in [1.807, 2.05) is 16.3 Å². The van der Waals surface area contributed by atoms with E-state index in [-0.39, 0.29) is 12.1 Å². The smallest absolute Gasteiger partial charge is 0.321 e. The molecule has 2 aromatic heterocycles. The Labute approximate surface area is 149 Å². The highest BCUT2D eigenvalue weighted by atomic mass is 32.1. The number of nitrogens with one attached hydrogen (secondary N) is 2. The van der Waals surface area contributed by atoms with Gasteiger partial charge in [0.15, 0.2) is 16.6 Å². The van der Waals surface area contributed by atoms with Crippen LogP contribution in [0, 0.1) is 11.3 Å². The Kier molecular flexibility index (Phi) is 5.09. The molecule has 9 heteroatoms. The highest BCUT2D eigenvalue weighted by Gasteiger charge is 2.25. The normalized spacial score (nSPS) is 16.7. The molecule has 2 amide bonds. The van der Waals surface area contributed by atoms with Crippen molar-refractivity contribution in [3.8, 4) is 6.07 Å². The van der Waals surface area contributed by atoms with Crippen LogP contribution in [0.3, 0.4) is 0 Å². The van der Waals surface area contributed by atoms with Crippen molar-refractivity contribution in [2.24, 2.45) is 0 Å². The molecule has 0 aliphatic carbocycles. The second kappa shape index (κ2) is 7.44. The van der Waals surface area contributed by atoms with Gasteiger partial charge in [-0.2, -0.15) is 5.26 Å². The summed E-state index contributed by atoms with van der Waals surface area (Å²) in [6.45, 7) is 5.57. The summed E-state index contributed by atoms with van der Waals surface area (Å²) < 4.78 is 0. The molecule has 2 N–H and O–H groups in total. The molecule has 0 unspecified atom stereocenters. The number of hydrogen-bond acceptors (Lipinski definition) is 7. The van der Waals surface area contributed by atoms with Crippen molar-refractivity contribution in [3.63, 3.8) is 0 Å². The molecule has 0 spiro atoms. The zero-order valence-electron chi connectivity index (χ0n) is 14.1. The number of carbonyl (C=O) groups is 1. The topological polar surface area (TPSA) is 107 Å². The van der Waals surface area contributed by atoms with Gasteiger partial charge in [0, 0.05) is 24.5 Å². The summed E-state index contributed by atoms with van der Waals surface area (Å²) in [5, 5.41) is 25.0. The van der Waals surface area contributed by atoms with E-state index in [2.05, 4.69) is 39.7 Å². The van der Waals surface area contributed by atoms with Gasteiger partial charge in [-0.05, 0) is 24.5 Å². The fourth-order valence-electron chi connectivity index (χ4n) is 2.57. The number of nitrogens with zero attached hydrogens (tertiary/aromatic N) is 5. The minimum absolute atomic E-state index is 0.0296. The lowest BCUT2D eigenvalue weighted by Crippen LogP contribution is -2.39. The third kappa shape index (κ3) is 4.22. The van der Waals surface area contributed by atoms with Gasteiger partial charge in [0.25, 0.3) is 0 Å². The monoisotopic (exact) mass is 357 g/mol. The van der Waals surface area contributed by atoms with E-state index in [4.69, 9.17) is 5.26 Å². The quantitative estimate of drug-likeness (QED) is 0.870. The maximum atomic E-state index is 12.1. The first-order valence-corrected chi connectivity index (χ1v) is 8.95. The fraction of sp³-hybridized carbons (Fsp3) is 0.438. The second-order valence-corrected chi connectivity index (χ2v) is 7.01. The van der Waals surface area contributed by atoms with Crippen LogP contribution in [-0.2, 0) is 0 Å². The maximum absolute atomic E-state index is 12.1. The van der Waals surface area contributed by atoms with Gasteiger partial charge >= 0.3 is 6.03 Å². The highest BCUT2D eigenvalue weighted by Crippen LogP contribution is 2.21. The molecule has 25 heavy (non-hydrogen) atoms. The zero-order chi connectivity index (χ0) is 17.8. The summed E-state index contributed by atoms with van der Waals surface area (Å²) >= 11 is 1.43. The summed E-state index contributed by atoms with van der Waals surface area (Å²) in [5.74, 6) is 1.05. The van der Waals surface area contributed by atoms with Crippen molar-refractivity contribution in [2.45, 2.75) is 32.2 Å². The summed E-state index contributed by atoms with van der Waals surface area (Å²) in [6, 6.07) is 5.15. The highest BCUT2D eigenvalue weighted by molar-refractivity contribution is 7.13. The molecule has 8 nitrogen and oxygen atoms in total. The van der Waals surface area contributed by atoms with E-state index in [1.54, 1.807) is 12.1 Å². The van der Waals surface area contributed by atoms with E-state index < -0.39 is 0 Å². The van der Waals surface area contributed by atoms with Gasteiger partial charge in [0.05, 0.1) is 5.69 Å². The third-order valence-corrected chi connectivity index (χ3v) is 4.72. The van der Waals surface area contributed by atoms with Gasteiger partial charge in [-0.15, -0.1) is 21.5 Å². The van der Waals surface area contributed by atoms with Crippen LogP contribution >= 0.6 is 11.3 Å². The van der Waals surface area contributed by atoms with E-state index >= 15 is 0 Å². The largest absolute Gasteiger partial charge is 0.353 e. The molecule has 1 saturated heterocycles. The predicted octanol–water partition coefficient (Wildman–Crippen LogP) is 2.33. The SMILES string of the molecule is CC(C)c1csc(NC(=O)N[C@@H]2CCN(c3ccc(C#N)nn3)C2)n1. The Bertz CT molecular complexity index is 781. The first-order valence-electron chi connectivity index (χ1n) is 8.07. The lowest BCUT2D eigenvalue weighted by Gasteiger charge is -2.17. The summed E-state index contributed by atoms with van der Waals surface area (Å²) in [5.41, 5.74) is 1.27. The molecule has 0 radical (unpaired) electrons. The van der Waals surface area contributed by atoms with Gasteiger partial charge in [-0.1, -0.05) is 13.8 Å². The van der Waals surface area contributed by atoms with Crippen molar-refractivity contribution in [3.05, 3.63) is 28.9 Å². The molecular weight excluding hydrogens is 338 g/mol. The van der Waals surface area contributed by atoms with Crippen LogP contribution in [0.5, 0.6) is 0 Å². The summed E-state index contributed by atoms with van der Waals surface area (Å²) in [6.07, 6.45) is 0.824. The van der Waals surface area contributed by atoms with E-state index in [0.717, 1.165) is 18.7 Å². The van der Waals surface area contributed by atoms with Gasteiger partial charge in [-0.25, -0.2) is 9.78 Å². The average Bonchev–Trinajstić information content (AvgIpc) is 3.24. The molecule has 0 saturated carbocycles. The Hall–Kier alpha value is -2.73. The number of amides is 2. The molecule has 0 bridgehead atoms. The Morgan fingerprint density at radius 2 is 2.28 bits per heavy atom. The molecule has 1 atom stereocenters. The Balaban J connectivity index is 1.51. The lowest BCUT2D eigenvalue weighted by atomic mass is 10.2. The number of nitriles is 1. The first kappa shape index (κ1) is 17.1. The van der Waals surface area contributed by atoms with E-state index in [0.29, 0.717) is 29.1 Å². The van der Waals surface area contributed by atoms with Crippen molar-refractivity contribution in [1.29, 1.82) is 5.26 Å². The van der Waals surface area contributed by atoms with Gasteiger partial charge in [-0.3, -0.25) is 5.32 Å². The number of thiazole rings is 1. The Morgan fingerprint density at radius 3 is 2.92 bits per heavy atom. The minimum atomic E-state index is -0.248. The molecule has 130 valence electrons. The minimum Gasteiger partial charge on any atom is -0.353 e. The zero-order valence-corrected chi connectivity index (χ0v) is 14.9. The van der Waals surface area contributed by atoms with Crippen LogP contribution in [0.15, 0.2) is 17.5 Å². The third-order valence-electron chi connectivity index (χ3n) is 3.95.